The number of nitriles is 1. The standard InChI is InChI=1S/C15H15N5O/c16-8-10-3-1-5-12(7-10)18-15(21)19-13-6-2-4-11-9-17-20-14(11)13/h1,3,5,7,9,13H,2,4,6H2,(H,17,20)(H2,18,19,21)/t13-/m1/s1. The van der Waals surface area contributed by atoms with Crippen molar-refractivity contribution in [2.45, 2.75) is 25.3 Å². The van der Waals surface area contributed by atoms with E-state index in [1.54, 1.807) is 24.3 Å². The molecule has 0 spiro atoms. The third-order valence-corrected chi connectivity index (χ3v) is 3.59. The molecule has 0 unspecified atom stereocenters. The van der Waals surface area contributed by atoms with Gasteiger partial charge in [-0.25, -0.2) is 4.79 Å². The van der Waals surface area contributed by atoms with Crippen LogP contribution in [0.1, 0.15) is 35.7 Å². The van der Waals surface area contributed by atoms with E-state index in [-0.39, 0.29) is 12.1 Å². The van der Waals surface area contributed by atoms with E-state index < -0.39 is 0 Å². The molecule has 2 aromatic rings. The zero-order chi connectivity index (χ0) is 14.7. The quantitative estimate of drug-likeness (QED) is 0.789. The van der Waals surface area contributed by atoms with Gasteiger partial charge in [0.25, 0.3) is 0 Å². The zero-order valence-corrected chi connectivity index (χ0v) is 11.4. The first-order valence-electron chi connectivity index (χ1n) is 6.86. The van der Waals surface area contributed by atoms with Gasteiger partial charge >= 0.3 is 6.03 Å². The number of nitrogens with zero attached hydrogens (tertiary/aromatic N) is 2. The molecule has 0 saturated carbocycles. The van der Waals surface area contributed by atoms with Gasteiger partial charge in [0, 0.05) is 5.69 Å². The van der Waals surface area contributed by atoms with Crippen LogP contribution in [0.3, 0.4) is 0 Å². The lowest BCUT2D eigenvalue weighted by molar-refractivity contribution is 0.247. The minimum Gasteiger partial charge on any atom is -0.330 e. The van der Waals surface area contributed by atoms with E-state index in [0.717, 1.165) is 30.5 Å². The van der Waals surface area contributed by atoms with Crippen LogP contribution in [0.2, 0.25) is 0 Å². The monoisotopic (exact) mass is 281 g/mol. The maximum Gasteiger partial charge on any atom is 0.319 e. The smallest absolute Gasteiger partial charge is 0.319 e. The molecule has 1 aliphatic carbocycles. The van der Waals surface area contributed by atoms with Gasteiger partial charge in [-0.1, -0.05) is 6.07 Å². The van der Waals surface area contributed by atoms with Gasteiger partial charge in [0.1, 0.15) is 0 Å². The van der Waals surface area contributed by atoms with Crippen molar-refractivity contribution < 1.29 is 4.79 Å². The van der Waals surface area contributed by atoms with E-state index >= 15 is 0 Å². The molecule has 1 heterocycles. The van der Waals surface area contributed by atoms with Crippen molar-refractivity contribution in [1.82, 2.24) is 15.5 Å². The molecule has 0 saturated heterocycles. The first-order valence-corrected chi connectivity index (χ1v) is 6.86. The summed E-state index contributed by atoms with van der Waals surface area (Å²) in [6.07, 6.45) is 4.73. The lowest BCUT2D eigenvalue weighted by Gasteiger charge is -2.23. The number of H-pyrrole nitrogens is 1. The molecule has 0 aliphatic heterocycles. The summed E-state index contributed by atoms with van der Waals surface area (Å²) in [6, 6.07) is 8.55. The van der Waals surface area contributed by atoms with E-state index in [0.29, 0.717) is 11.3 Å². The topological polar surface area (TPSA) is 93.6 Å². The Labute approximate surface area is 122 Å². The minimum absolute atomic E-state index is 0.0459. The second kappa shape index (κ2) is 5.67. The lowest BCUT2D eigenvalue weighted by atomic mass is 9.94. The average molecular weight is 281 g/mol. The van der Waals surface area contributed by atoms with Crippen LogP contribution in [-0.4, -0.2) is 16.2 Å². The Bertz CT molecular complexity index is 700. The summed E-state index contributed by atoms with van der Waals surface area (Å²) in [6.45, 7) is 0. The Morgan fingerprint density at radius 3 is 3.24 bits per heavy atom. The number of anilines is 1. The Kier molecular flexibility index (Phi) is 3.56. The summed E-state index contributed by atoms with van der Waals surface area (Å²) >= 11 is 0. The number of carbonyl (C=O) groups excluding carboxylic acids is 1. The van der Waals surface area contributed by atoms with E-state index in [1.165, 1.54) is 0 Å². The summed E-state index contributed by atoms with van der Waals surface area (Å²) in [5.74, 6) is 0. The number of rotatable bonds is 2. The molecular formula is C15H15N5O. The third kappa shape index (κ3) is 2.87. The van der Waals surface area contributed by atoms with Crippen molar-refractivity contribution in [3.63, 3.8) is 0 Å². The Morgan fingerprint density at radius 2 is 2.38 bits per heavy atom. The highest BCUT2D eigenvalue weighted by Crippen LogP contribution is 2.27. The number of aromatic amines is 1. The molecular weight excluding hydrogens is 266 g/mol. The van der Waals surface area contributed by atoms with Crippen molar-refractivity contribution in [3.05, 3.63) is 47.3 Å². The Balaban J connectivity index is 1.67. The fourth-order valence-electron chi connectivity index (χ4n) is 2.60. The Morgan fingerprint density at radius 1 is 1.48 bits per heavy atom. The van der Waals surface area contributed by atoms with Gasteiger partial charge in [0.05, 0.1) is 29.6 Å². The molecule has 1 aliphatic rings. The van der Waals surface area contributed by atoms with Crippen LogP contribution in [-0.2, 0) is 6.42 Å². The van der Waals surface area contributed by atoms with Crippen LogP contribution in [0, 0.1) is 11.3 Å². The number of aromatic nitrogens is 2. The Hall–Kier alpha value is -2.81. The normalized spacial score (nSPS) is 16.6. The number of carbonyl (C=O) groups is 1. The van der Waals surface area contributed by atoms with E-state index in [9.17, 15) is 4.79 Å². The van der Waals surface area contributed by atoms with Crippen LogP contribution in [0.25, 0.3) is 0 Å². The van der Waals surface area contributed by atoms with Crippen molar-refractivity contribution in [3.8, 4) is 6.07 Å². The van der Waals surface area contributed by atoms with Crippen molar-refractivity contribution in [2.24, 2.45) is 0 Å². The van der Waals surface area contributed by atoms with Gasteiger partial charge in [0.2, 0.25) is 0 Å². The summed E-state index contributed by atoms with van der Waals surface area (Å²) < 4.78 is 0. The largest absolute Gasteiger partial charge is 0.330 e. The van der Waals surface area contributed by atoms with Gasteiger partial charge in [-0.05, 0) is 43.0 Å². The highest BCUT2D eigenvalue weighted by atomic mass is 16.2. The first kappa shape index (κ1) is 13.2. The number of benzene rings is 1. The van der Waals surface area contributed by atoms with Crippen LogP contribution >= 0.6 is 0 Å². The number of aryl methyl sites for hydroxylation is 1. The van der Waals surface area contributed by atoms with Gasteiger partial charge in [-0.3, -0.25) is 5.10 Å². The lowest BCUT2D eigenvalue weighted by Crippen LogP contribution is -2.34. The van der Waals surface area contributed by atoms with Gasteiger partial charge in [0.15, 0.2) is 0 Å². The van der Waals surface area contributed by atoms with Crippen molar-refractivity contribution in [1.29, 1.82) is 5.26 Å². The molecule has 3 N–H and O–H groups in total. The highest BCUT2D eigenvalue weighted by molar-refractivity contribution is 5.89. The van der Waals surface area contributed by atoms with Crippen LogP contribution < -0.4 is 10.6 Å². The molecule has 6 heteroatoms. The highest BCUT2D eigenvalue weighted by Gasteiger charge is 2.23. The molecule has 2 amide bonds. The molecule has 6 nitrogen and oxygen atoms in total. The predicted molar refractivity (Wildman–Crippen MR) is 77.6 cm³/mol. The maximum atomic E-state index is 12.1. The van der Waals surface area contributed by atoms with E-state index in [2.05, 4.69) is 20.8 Å². The van der Waals surface area contributed by atoms with Crippen molar-refractivity contribution in [2.75, 3.05) is 5.32 Å². The van der Waals surface area contributed by atoms with Crippen LogP contribution in [0.4, 0.5) is 10.5 Å². The molecule has 1 aromatic carbocycles. The zero-order valence-electron chi connectivity index (χ0n) is 11.4. The number of nitrogens with one attached hydrogen (secondary N) is 3. The third-order valence-electron chi connectivity index (χ3n) is 3.59. The number of amides is 2. The van der Waals surface area contributed by atoms with Gasteiger partial charge < -0.3 is 10.6 Å². The second-order valence-electron chi connectivity index (χ2n) is 5.04. The fraction of sp³-hybridized carbons (Fsp3) is 0.267. The molecule has 106 valence electrons. The molecule has 21 heavy (non-hydrogen) atoms. The number of hydrogen-bond acceptors (Lipinski definition) is 3. The van der Waals surface area contributed by atoms with Gasteiger partial charge in [-0.15, -0.1) is 0 Å². The summed E-state index contributed by atoms with van der Waals surface area (Å²) in [7, 11) is 0. The predicted octanol–water partition coefficient (Wildman–Crippen LogP) is 2.48. The molecule has 0 radical (unpaired) electrons. The molecule has 1 aromatic heterocycles. The number of hydrogen-bond donors (Lipinski definition) is 3. The van der Waals surface area contributed by atoms with E-state index in [4.69, 9.17) is 5.26 Å². The summed E-state index contributed by atoms with van der Waals surface area (Å²) in [5.41, 5.74) is 3.27. The fourth-order valence-corrected chi connectivity index (χ4v) is 2.60. The molecule has 0 bridgehead atoms. The first-order chi connectivity index (χ1) is 10.3. The van der Waals surface area contributed by atoms with Crippen LogP contribution in [0.15, 0.2) is 30.5 Å². The number of urea groups is 1. The maximum absolute atomic E-state index is 12.1. The van der Waals surface area contributed by atoms with Gasteiger partial charge in [-0.2, -0.15) is 10.4 Å². The summed E-state index contributed by atoms with van der Waals surface area (Å²) in [5, 5.41) is 21.5. The minimum atomic E-state index is -0.280. The van der Waals surface area contributed by atoms with E-state index in [1.807, 2.05) is 12.3 Å². The number of fused-ring (bicyclic) bond motifs is 1. The van der Waals surface area contributed by atoms with Crippen molar-refractivity contribution >= 4 is 11.7 Å². The second-order valence-corrected chi connectivity index (χ2v) is 5.04. The average Bonchev–Trinajstić information content (AvgIpc) is 2.97. The SMILES string of the molecule is N#Cc1cccc(NC(=O)N[C@@H]2CCCc3cn[nH]c32)c1. The molecule has 0 fully saturated rings. The molecule has 3 rings (SSSR count). The summed E-state index contributed by atoms with van der Waals surface area (Å²) in [4.78, 5) is 12.1. The molecule has 1 atom stereocenters. The van der Waals surface area contributed by atoms with Crippen LogP contribution in [0.5, 0.6) is 0 Å².